The Hall–Kier alpha value is -1.43. The lowest BCUT2D eigenvalue weighted by molar-refractivity contribution is -0.137. The summed E-state index contributed by atoms with van der Waals surface area (Å²) in [7, 11) is 0. The van der Waals surface area contributed by atoms with Crippen molar-refractivity contribution in [2.45, 2.75) is 20.0 Å². The third kappa shape index (κ3) is 4.98. The van der Waals surface area contributed by atoms with Gasteiger partial charge in [0, 0.05) is 18.3 Å². The number of nitrogens with zero attached hydrogens (tertiary/aromatic N) is 1. The fraction of sp³-hybridized carbons (Fsp3) is 0.538. The van der Waals surface area contributed by atoms with E-state index in [2.05, 4.69) is 4.90 Å². The van der Waals surface area contributed by atoms with E-state index in [-0.39, 0.29) is 11.4 Å². The van der Waals surface area contributed by atoms with E-state index in [1.165, 1.54) is 6.07 Å². The Morgan fingerprint density at radius 3 is 2.32 bits per heavy atom. The molecule has 1 aromatic carbocycles. The zero-order valence-electron chi connectivity index (χ0n) is 11.1. The van der Waals surface area contributed by atoms with Crippen molar-refractivity contribution in [3.05, 3.63) is 23.8 Å². The Bertz CT molecular complexity index is 403. The van der Waals surface area contributed by atoms with Crippen molar-refractivity contribution in [1.29, 1.82) is 0 Å². The molecule has 0 fully saturated rings. The van der Waals surface area contributed by atoms with Gasteiger partial charge < -0.3 is 15.4 Å². The zero-order valence-corrected chi connectivity index (χ0v) is 11.1. The molecule has 0 saturated heterocycles. The summed E-state index contributed by atoms with van der Waals surface area (Å²) in [5.74, 6) is 0.152. The monoisotopic (exact) mass is 276 g/mol. The highest BCUT2D eigenvalue weighted by molar-refractivity contribution is 5.48. The summed E-state index contributed by atoms with van der Waals surface area (Å²) < 4.78 is 43.1. The minimum atomic E-state index is -4.41. The first-order valence-electron chi connectivity index (χ1n) is 6.19. The molecule has 0 aliphatic carbocycles. The van der Waals surface area contributed by atoms with E-state index in [1.54, 1.807) is 0 Å². The second-order valence-corrected chi connectivity index (χ2v) is 4.16. The number of rotatable bonds is 6. The number of nitrogens with two attached hydrogens (primary N) is 1. The van der Waals surface area contributed by atoms with Crippen LogP contribution in [0.4, 0.5) is 18.9 Å². The molecule has 108 valence electrons. The molecule has 0 aliphatic rings. The molecule has 0 aliphatic heterocycles. The van der Waals surface area contributed by atoms with Gasteiger partial charge in [-0.1, -0.05) is 13.8 Å². The fourth-order valence-electron chi connectivity index (χ4n) is 1.70. The van der Waals surface area contributed by atoms with Crippen molar-refractivity contribution >= 4 is 5.69 Å². The summed E-state index contributed by atoms with van der Waals surface area (Å²) in [6.07, 6.45) is -4.41. The van der Waals surface area contributed by atoms with Gasteiger partial charge in [-0.05, 0) is 25.2 Å². The van der Waals surface area contributed by atoms with Crippen LogP contribution < -0.4 is 10.5 Å². The summed E-state index contributed by atoms with van der Waals surface area (Å²) in [4.78, 5) is 2.12. The fourth-order valence-corrected chi connectivity index (χ4v) is 1.70. The van der Waals surface area contributed by atoms with Crippen LogP contribution in [0, 0.1) is 0 Å². The van der Waals surface area contributed by atoms with Gasteiger partial charge in [-0.2, -0.15) is 13.2 Å². The summed E-state index contributed by atoms with van der Waals surface area (Å²) in [6.45, 7) is 6.80. The molecule has 19 heavy (non-hydrogen) atoms. The smallest absolute Gasteiger partial charge is 0.416 e. The first kappa shape index (κ1) is 15.6. The number of alkyl halides is 3. The number of ether oxygens (including phenoxy) is 1. The topological polar surface area (TPSA) is 38.5 Å². The zero-order chi connectivity index (χ0) is 14.5. The number of hydrogen-bond acceptors (Lipinski definition) is 3. The summed E-state index contributed by atoms with van der Waals surface area (Å²) >= 11 is 0. The number of likely N-dealkylation sites (N-methyl/N-ethyl adjacent to an activating group) is 1. The Labute approximate surface area is 111 Å². The van der Waals surface area contributed by atoms with E-state index >= 15 is 0 Å². The van der Waals surface area contributed by atoms with E-state index in [0.717, 1.165) is 25.2 Å². The van der Waals surface area contributed by atoms with Crippen LogP contribution >= 0.6 is 0 Å². The van der Waals surface area contributed by atoms with Crippen molar-refractivity contribution in [3.8, 4) is 5.75 Å². The highest BCUT2D eigenvalue weighted by atomic mass is 19.4. The van der Waals surface area contributed by atoms with Gasteiger partial charge in [0.25, 0.3) is 0 Å². The van der Waals surface area contributed by atoms with Crippen molar-refractivity contribution in [2.75, 3.05) is 32.0 Å². The molecule has 0 atom stereocenters. The number of benzene rings is 1. The molecule has 0 aromatic heterocycles. The lowest BCUT2D eigenvalue weighted by Crippen LogP contribution is -2.27. The Kier molecular flexibility index (Phi) is 5.47. The molecule has 0 bridgehead atoms. The van der Waals surface area contributed by atoms with Crippen molar-refractivity contribution < 1.29 is 17.9 Å². The lowest BCUT2D eigenvalue weighted by Gasteiger charge is -2.18. The minimum Gasteiger partial charge on any atom is -0.492 e. The van der Waals surface area contributed by atoms with Gasteiger partial charge in [0.15, 0.2) is 0 Å². The minimum absolute atomic E-state index is 0.0488. The van der Waals surface area contributed by atoms with Crippen LogP contribution in [0.25, 0.3) is 0 Å². The molecule has 0 spiro atoms. The SMILES string of the molecule is CCN(CC)CCOc1cc(N)cc(C(F)(F)F)c1. The highest BCUT2D eigenvalue weighted by Crippen LogP contribution is 2.33. The van der Waals surface area contributed by atoms with Gasteiger partial charge in [-0.25, -0.2) is 0 Å². The van der Waals surface area contributed by atoms with Crippen LogP contribution in [0.15, 0.2) is 18.2 Å². The van der Waals surface area contributed by atoms with Crippen LogP contribution in [0.5, 0.6) is 5.75 Å². The van der Waals surface area contributed by atoms with Crippen LogP contribution in [0.3, 0.4) is 0 Å². The average Bonchev–Trinajstić information content (AvgIpc) is 2.33. The van der Waals surface area contributed by atoms with Crippen molar-refractivity contribution in [3.63, 3.8) is 0 Å². The molecular weight excluding hydrogens is 257 g/mol. The van der Waals surface area contributed by atoms with Gasteiger partial charge in [0.05, 0.1) is 5.56 Å². The maximum atomic E-state index is 12.6. The van der Waals surface area contributed by atoms with Gasteiger partial charge in [0.1, 0.15) is 12.4 Å². The molecule has 0 radical (unpaired) electrons. The number of hydrogen-bond donors (Lipinski definition) is 1. The molecule has 6 heteroatoms. The van der Waals surface area contributed by atoms with Crippen LogP contribution in [-0.4, -0.2) is 31.1 Å². The predicted octanol–water partition coefficient (Wildman–Crippen LogP) is 3.01. The van der Waals surface area contributed by atoms with Gasteiger partial charge in [0.2, 0.25) is 0 Å². The second-order valence-electron chi connectivity index (χ2n) is 4.16. The summed E-state index contributed by atoms with van der Waals surface area (Å²) in [6, 6.07) is 3.27. The molecular formula is C13H19F3N2O. The molecule has 1 rings (SSSR count). The molecule has 0 heterocycles. The molecule has 2 N–H and O–H groups in total. The predicted molar refractivity (Wildman–Crippen MR) is 69.1 cm³/mol. The third-order valence-electron chi connectivity index (χ3n) is 2.83. The highest BCUT2D eigenvalue weighted by Gasteiger charge is 2.31. The molecule has 0 unspecified atom stereocenters. The van der Waals surface area contributed by atoms with E-state index in [1.807, 2.05) is 13.8 Å². The Morgan fingerprint density at radius 2 is 1.79 bits per heavy atom. The first-order valence-corrected chi connectivity index (χ1v) is 6.19. The van der Waals surface area contributed by atoms with Gasteiger partial charge in [-0.15, -0.1) is 0 Å². The average molecular weight is 276 g/mol. The normalized spacial score (nSPS) is 11.9. The third-order valence-corrected chi connectivity index (χ3v) is 2.83. The number of anilines is 1. The molecule has 0 amide bonds. The lowest BCUT2D eigenvalue weighted by atomic mass is 10.2. The van der Waals surface area contributed by atoms with Gasteiger partial charge >= 0.3 is 6.18 Å². The Balaban J connectivity index is 2.66. The van der Waals surface area contributed by atoms with Crippen LogP contribution in [0.2, 0.25) is 0 Å². The van der Waals surface area contributed by atoms with E-state index in [0.29, 0.717) is 13.2 Å². The standard InChI is InChI=1S/C13H19F3N2O/c1-3-18(4-2)5-6-19-12-8-10(13(14,15)16)7-11(17)9-12/h7-9H,3-6,17H2,1-2H3. The van der Waals surface area contributed by atoms with E-state index in [9.17, 15) is 13.2 Å². The summed E-state index contributed by atoms with van der Waals surface area (Å²) in [5, 5.41) is 0. The number of nitrogen functional groups attached to an aromatic ring is 1. The van der Waals surface area contributed by atoms with Crippen LogP contribution in [0.1, 0.15) is 19.4 Å². The van der Waals surface area contributed by atoms with E-state index < -0.39 is 11.7 Å². The Morgan fingerprint density at radius 1 is 1.16 bits per heavy atom. The van der Waals surface area contributed by atoms with Crippen molar-refractivity contribution in [2.24, 2.45) is 0 Å². The van der Waals surface area contributed by atoms with Crippen molar-refractivity contribution in [1.82, 2.24) is 4.90 Å². The first-order chi connectivity index (χ1) is 8.86. The maximum Gasteiger partial charge on any atom is 0.416 e. The quantitative estimate of drug-likeness (QED) is 0.812. The van der Waals surface area contributed by atoms with E-state index in [4.69, 9.17) is 10.5 Å². The largest absolute Gasteiger partial charge is 0.492 e. The van der Waals surface area contributed by atoms with Crippen LogP contribution in [-0.2, 0) is 6.18 Å². The molecule has 1 aromatic rings. The molecule has 0 saturated carbocycles. The molecule has 3 nitrogen and oxygen atoms in total. The summed E-state index contributed by atoms with van der Waals surface area (Å²) in [5.41, 5.74) is 4.71. The van der Waals surface area contributed by atoms with Gasteiger partial charge in [-0.3, -0.25) is 0 Å². The maximum absolute atomic E-state index is 12.6. The second kappa shape index (κ2) is 6.65. The number of halogens is 3.